The van der Waals surface area contributed by atoms with Gasteiger partial charge in [0.05, 0.1) is 16.2 Å². The van der Waals surface area contributed by atoms with Crippen LogP contribution in [-0.4, -0.2) is 26.5 Å². The fourth-order valence-corrected chi connectivity index (χ4v) is 3.14. The van der Waals surface area contributed by atoms with Gasteiger partial charge in [-0.3, -0.25) is 24.4 Å². The van der Waals surface area contributed by atoms with Crippen LogP contribution in [0.1, 0.15) is 27.3 Å². The Bertz CT molecular complexity index is 1140. The van der Waals surface area contributed by atoms with Gasteiger partial charge in [-0.15, -0.1) is 0 Å². The number of benzene rings is 2. The molecule has 0 spiro atoms. The molecule has 2 N–H and O–H groups in total. The molecule has 154 valence electrons. The summed E-state index contributed by atoms with van der Waals surface area (Å²) in [5, 5.41) is 20.7. The van der Waals surface area contributed by atoms with E-state index in [-0.39, 0.29) is 29.5 Å². The van der Waals surface area contributed by atoms with Gasteiger partial charge in [0.15, 0.2) is 0 Å². The third-order valence-corrected chi connectivity index (χ3v) is 4.54. The van der Waals surface area contributed by atoms with Gasteiger partial charge in [0, 0.05) is 5.69 Å². The minimum absolute atomic E-state index is 0.110. The van der Waals surface area contributed by atoms with Crippen molar-refractivity contribution in [3.05, 3.63) is 81.2 Å². The molecule has 2 amide bonds. The number of nitrogens with one attached hydrogen (secondary N) is 2. The molecule has 0 unspecified atom stereocenters. The zero-order chi connectivity index (χ0) is 21.8. The first kappa shape index (κ1) is 20.7. The van der Waals surface area contributed by atoms with Gasteiger partial charge in [-0.1, -0.05) is 24.3 Å². The first-order valence-electron chi connectivity index (χ1n) is 9.21. The average molecular weight is 407 g/mol. The van der Waals surface area contributed by atoms with Gasteiger partial charge >= 0.3 is 5.69 Å². The molecule has 0 atom stereocenters. The van der Waals surface area contributed by atoms with Gasteiger partial charge < -0.3 is 10.6 Å². The van der Waals surface area contributed by atoms with E-state index in [0.29, 0.717) is 16.9 Å². The Kier molecular flexibility index (Phi) is 5.91. The van der Waals surface area contributed by atoms with Crippen molar-refractivity contribution in [3.63, 3.8) is 0 Å². The Morgan fingerprint density at radius 3 is 2.47 bits per heavy atom. The van der Waals surface area contributed by atoms with E-state index >= 15 is 0 Å². The number of amides is 2. The number of hydrogen-bond acceptors (Lipinski definition) is 5. The van der Waals surface area contributed by atoms with Crippen molar-refractivity contribution in [1.82, 2.24) is 9.78 Å². The summed E-state index contributed by atoms with van der Waals surface area (Å²) in [5.74, 6) is -0.815. The molecule has 0 aliphatic rings. The van der Waals surface area contributed by atoms with E-state index in [2.05, 4.69) is 15.7 Å². The van der Waals surface area contributed by atoms with E-state index in [4.69, 9.17) is 0 Å². The molecule has 0 fully saturated rings. The first-order valence-corrected chi connectivity index (χ1v) is 9.21. The summed E-state index contributed by atoms with van der Waals surface area (Å²) in [6.45, 7) is 4.76. The molecule has 0 saturated carbocycles. The lowest BCUT2D eigenvalue weighted by molar-refractivity contribution is -0.386. The van der Waals surface area contributed by atoms with Crippen LogP contribution in [0.15, 0.2) is 48.5 Å². The smallest absolute Gasteiger partial charge is 0.312 e. The number of para-hydroxylation sites is 1. The molecular weight excluding hydrogens is 386 g/mol. The molecule has 30 heavy (non-hydrogen) atoms. The lowest BCUT2D eigenvalue weighted by atomic mass is 10.1. The molecular formula is C21H21N5O4. The van der Waals surface area contributed by atoms with Gasteiger partial charge in [-0.2, -0.15) is 5.10 Å². The maximum Gasteiger partial charge on any atom is 0.312 e. The molecule has 1 aromatic heterocycles. The molecule has 1 heterocycles. The monoisotopic (exact) mass is 407 g/mol. The van der Waals surface area contributed by atoms with Gasteiger partial charge in [-0.25, -0.2) is 0 Å². The number of aromatic nitrogens is 2. The minimum atomic E-state index is -0.517. The first-order chi connectivity index (χ1) is 14.3. The van der Waals surface area contributed by atoms with E-state index in [1.54, 1.807) is 30.3 Å². The number of anilines is 2. The highest BCUT2D eigenvalue weighted by molar-refractivity contribution is 6.10. The fourth-order valence-electron chi connectivity index (χ4n) is 3.14. The second kappa shape index (κ2) is 8.56. The maximum absolute atomic E-state index is 12.7. The van der Waals surface area contributed by atoms with Crippen LogP contribution in [0.2, 0.25) is 0 Å². The van der Waals surface area contributed by atoms with E-state index in [1.807, 2.05) is 25.1 Å². The van der Waals surface area contributed by atoms with Crippen molar-refractivity contribution in [2.45, 2.75) is 27.3 Å². The number of rotatable bonds is 6. The van der Waals surface area contributed by atoms with Crippen LogP contribution in [0.5, 0.6) is 0 Å². The van der Waals surface area contributed by atoms with Crippen molar-refractivity contribution < 1.29 is 14.5 Å². The second-order valence-electron chi connectivity index (χ2n) is 6.85. The lowest BCUT2D eigenvalue weighted by Crippen LogP contribution is -2.22. The van der Waals surface area contributed by atoms with Gasteiger partial charge in [0.1, 0.15) is 17.9 Å². The van der Waals surface area contributed by atoms with Gasteiger partial charge in [0.25, 0.3) is 5.91 Å². The highest BCUT2D eigenvalue weighted by Gasteiger charge is 2.23. The van der Waals surface area contributed by atoms with Gasteiger partial charge in [0.2, 0.25) is 5.91 Å². The Morgan fingerprint density at radius 1 is 1.07 bits per heavy atom. The molecule has 3 rings (SSSR count). The van der Waals surface area contributed by atoms with E-state index in [0.717, 1.165) is 5.56 Å². The predicted octanol–water partition coefficient (Wildman–Crippen LogP) is 3.61. The largest absolute Gasteiger partial charge is 0.324 e. The van der Waals surface area contributed by atoms with Crippen molar-refractivity contribution in [1.29, 1.82) is 0 Å². The van der Waals surface area contributed by atoms with Crippen LogP contribution in [0, 0.1) is 30.9 Å². The number of nitrogens with zero attached hydrogens (tertiary/aromatic N) is 3. The fraction of sp³-hybridized carbons (Fsp3) is 0.190. The summed E-state index contributed by atoms with van der Waals surface area (Å²) in [6.07, 6.45) is 0. The lowest BCUT2D eigenvalue weighted by Gasteiger charge is -2.12. The van der Waals surface area contributed by atoms with Crippen molar-refractivity contribution in [3.8, 4) is 0 Å². The highest BCUT2D eigenvalue weighted by Crippen LogP contribution is 2.22. The Hall–Kier alpha value is -4.01. The van der Waals surface area contributed by atoms with Crippen LogP contribution in [0.4, 0.5) is 17.1 Å². The van der Waals surface area contributed by atoms with Gasteiger partial charge in [-0.05, 0) is 50.6 Å². The zero-order valence-electron chi connectivity index (χ0n) is 16.8. The highest BCUT2D eigenvalue weighted by atomic mass is 16.6. The van der Waals surface area contributed by atoms with Crippen molar-refractivity contribution in [2.24, 2.45) is 0 Å². The van der Waals surface area contributed by atoms with E-state index < -0.39 is 10.8 Å². The number of aryl methyl sites for hydroxylation is 2. The summed E-state index contributed by atoms with van der Waals surface area (Å²) in [6, 6.07) is 14.0. The standard InChI is InChI=1S/C21H21N5O4/c1-13-7-6-8-16(11-13)22-21(28)17-9-4-5-10-18(17)23-19(27)12-25-15(3)20(26(29)30)14(2)24-25/h4-11H,12H2,1-3H3,(H,22,28)(H,23,27). The summed E-state index contributed by atoms with van der Waals surface area (Å²) in [5.41, 5.74) is 2.71. The summed E-state index contributed by atoms with van der Waals surface area (Å²) < 4.78 is 1.28. The Morgan fingerprint density at radius 2 is 1.80 bits per heavy atom. The zero-order valence-corrected chi connectivity index (χ0v) is 16.8. The molecule has 9 nitrogen and oxygen atoms in total. The summed E-state index contributed by atoms with van der Waals surface area (Å²) in [4.78, 5) is 35.9. The van der Waals surface area contributed by atoms with Crippen molar-refractivity contribution >= 4 is 28.9 Å². The number of carbonyl (C=O) groups is 2. The number of hydrogen-bond donors (Lipinski definition) is 2. The number of nitro groups is 1. The third kappa shape index (κ3) is 4.52. The summed E-state index contributed by atoms with van der Waals surface area (Å²) >= 11 is 0. The van der Waals surface area contributed by atoms with Crippen molar-refractivity contribution in [2.75, 3.05) is 10.6 Å². The predicted molar refractivity (Wildman–Crippen MR) is 113 cm³/mol. The number of carbonyl (C=O) groups excluding carboxylic acids is 2. The minimum Gasteiger partial charge on any atom is -0.324 e. The normalized spacial score (nSPS) is 10.5. The van der Waals surface area contributed by atoms with Crippen LogP contribution in [-0.2, 0) is 11.3 Å². The SMILES string of the molecule is Cc1cccc(NC(=O)c2ccccc2NC(=O)Cn2nc(C)c([N+](=O)[O-])c2C)c1. The quantitative estimate of drug-likeness (QED) is 0.478. The molecule has 0 radical (unpaired) electrons. The topological polar surface area (TPSA) is 119 Å². The third-order valence-electron chi connectivity index (χ3n) is 4.54. The van der Waals surface area contributed by atoms with Crippen LogP contribution in [0.25, 0.3) is 0 Å². The summed E-state index contributed by atoms with van der Waals surface area (Å²) in [7, 11) is 0. The van der Waals surface area contributed by atoms with Crippen LogP contribution in [0.3, 0.4) is 0 Å². The molecule has 0 aliphatic carbocycles. The molecule has 9 heteroatoms. The second-order valence-corrected chi connectivity index (χ2v) is 6.85. The van der Waals surface area contributed by atoms with E-state index in [1.165, 1.54) is 18.5 Å². The van der Waals surface area contributed by atoms with E-state index in [9.17, 15) is 19.7 Å². The maximum atomic E-state index is 12.7. The molecule has 2 aromatic carbocycles. The Balaban J connectivity index is 1.76. The van der Waals surface area contributed by atoms with Crippen LogP contribution < -0.4 is 10.6 Å². The molecule has 0 aliphatic heterocycles. The molecule has 3 aromatic rings. The Labute approximate surface area is 172 Å². The van der Waals surface area contributed by atoms with Crippen LogP contribution >= 0.6 is 0 Å². The average Bonchev–Trinajstić information content (AvgIpc) is 2.95. The molecule has 0 saturated heterocycles. The molecule has 0 bridgehead atoms.